The second kappa shape index (κ2) is 7.75. The summed E-state index contributed by atoms with van der Waals surface area (Å²) < 4.78 is 30.9. The van der Waals surface area contributed by atoms with E-state index in [2.05, 4.69) is 9.68 Å². The minimum Gasteiger partial charge on any atom is -0.481 e. The number of carboxylic acid groups (broad SMARTS) is 1. The number of aromatic nitrogens is 1. The Bertz CT molecular complexity index is 732. The summed E-state index contributed by atoms with van der Waals surface area (Å²) in [6.45, 7) is 1.23. The second-order valence-electron chi connectivity index (χ2n) is 6.86. The molecule has 1 aromatic rings. The molecule has 0 aromatic carbocycles. The highest BCUT2D eigenvalue weighted by molar-refractivity contribution is 7.88. The van der Waals surface area contributed by atoms with Crippen LogP contribution in [0.3, 0.4) is 0 Å². The molecule has 9 nitrogen and oxygen atoms in total. The lowest BCUT2D eigenvalue weighted by molar-refractivity contribution is -0.146. The zero-order valence-electron chi connectivity index (χ0n) is 14.4. The molecule has 26 heavy (non-hydrogen) atoms. The Morgan fingerprint density at radius 2 is 1.73 bits per heavy atom. The largest absolute Gasteiger partial charge is 0.481 e. The molecule has 10 heteroatoms. The van der Waals surface area contributed by atoms with Gasteiger partial charge in [0, 0.05) is 38.2 Å². The Morgan fingerprint density at radius 3 is 2.27 bits per heavy atom. The van der Waals surface area contributed by atoms with Gasteiger partial charge in [-0.05, 0) is 25.7 Å². The van der Waals surface area contributed by atoms with E-state index in [1.165, 1.54) is 16.6 Å². The van der Waals surface area contributed by atoms with Crippen molar-refractivity contribution in [2.24, 2.45) is 11.8 Å². The van der Waals surface area contributed by atoms with E-state index < -0.39 is 16.0 Å². The number of rotatable bonds is 5. The van der Waals surface area contributed by atoms with Gasteiger partial charge in [0.15, 0.2) is 0 Å². The summed E-state index contributed by atoms with van der Waals surface area (Å²) in [7, 11) is -3.49. The first-order valence-corrected chi connectivity index (χ1v) is 10.4. The fourth-order valence-corrected chi connectivity index (χ4v) is 5.05. The number of amides is 1. The number of piperazine rings is 1. The van der Waals surface area contributed by atoms with Crippen molar-refractivity contribution in [2.75, 3.05) is 26.2 Å². The summed E-state index contributed by atoms with van der Waals surface area (Å²) in [6.07, 6.45) is 3.55. The smallest absolute Gasteiger partial charge is 0.306 e. The molecule has 0 radical (unpaired) electrons. The molecule has 1 amide bonds. The highest BCUT2D eigenvalue weighted by atomic mass is 32.2. The molecular weight excluding hydrogens is 362 g/mol. The third kappa shape index (κ3) is 4.24. The van der Waals surface area contributed by atoms with E-state index in [9.17, 15) is 18.0 Å². The summed E-state index contributed by atoms with van der Waals surface area (Å²) in [5.74, 6) is -1.48. The lowest BCUT2D eigenvalue weighted by atomic mass is 9.81. The van der Waals surface area contributed by atoms with Crippen LogP contribution in [0.5, 0.6) is 0 Å². The first-order valence-electron chi connectivity index (χ1n) is 8.75. The van der Waals surface area contributed by atoms with Crippen LogP contribution in [0.1, 0.15) is 31.4 Å². The average Bonchev–Trinajstić information content (AvgIpc) is 3.13. The minimum absolute atomic E-state index is 0.0161. The molecule has 1 N–H and O–H groups in total. The highest BCUT2D eigenvalue weighted by Crippen LogP contribution is 2.30. The van der Waals surface area contributed by atoms with Crippen LogP contribution in [0.25, 0.3) is 0 Å². The number of sulfonamides is 1. The fraction of sp³-hybridized carbons (Fsp3) is 0.688. The van der Waals surface area contributed by atoms with E-state index in [0.29, 0.717) is 44.5 Å². The first kappa shape index (κ1) is 18.8. The molecule has 1 saturated carbocycles. The fourth-order valence-electron chi connectivity index (χ4n) is 3.62. The van der Waals surface area contributed by atoms with Gasteiger partial charge in [0.25, 0.3) is 0 Å². The summed E-state index contributed by atoms with van der Waals surface area (Å²) in [5, 5.41) is 12.7. The number of aliphatic carboxylic acids is 1. The topological polar surface area (TPSA) is 121 Å². The van der Waals surface area contributed by atoms with Crippen molar-refractivity contribution in [2.45, 2.75) is 31.4 Å². The summed E-state index contributed by atoms with van der Waals surface area (Å²) in [4.78, 5) is 25.3. The van der Waals surface area contributed by atoms with E-state index in [1.54, 1.807) is 4.90 Å². The minimum atomic E-state index is -3.49. The van der Waals surface area contributed by atoms with E-state index in [0.717, 1.165) is 0 Å². The Hall–Kier alpha value is -1.94. The van der Waals surface area contributed by atoms with Crippen LogP contribution < -0.4 is 0 Å². The quantitative estimate of drug-likeness (QED) is 0.785. The zero-order chi connectivity index (χ0) is 18.7. The summed E-state index contributed by atoms with van der Waals surface area (Å²) in [6, 6.07) is 1.52. The number of hydrogen-bond donors (Lipinski definition) is 1. The van der Waals surface area contributed by atoms with E-state index >= 15 is 0 Å². The van der Waals surface area contributed by atoms with Crippen LogP contribution in [0.4, 0.5) is 0 Å². The molecule has 0 unspecified atom stereocenters. The van der Waals surface area contributed by atoms with Gasteiger partial charge in [-0.25, -0.2) is 8.42 Å². The Morgan fingerprint density at radius 1 is 1.12 bits per heavy atom. The molecule has 1 aliphatic carbocycles. The maximum atomic E-state index is 12.6. The lowest BCUT2D eigenvalue weighted by Crippen LogP contribution is -2.52. The molecule has 2 heterocycles. The van der Waals surface area contributed by atoms with Crippen LogP contribution in [0.15, 0.2) is 16.9 Å². The highest BCUT2D eigenvalue weighted by Gasteiger charge is 2.35. The van der Waals surface area contributed by atoms with Crippen molar-refractivity contribution < 1.29 is 27.6 Å². The van der Waals surface area contributed by atoms with Gasteiger partial charge in [-0.1, -0.05) is 5.16 Å². The summed E-state index contributed by atoms with van der Waals surface area (Å²) in [5.41, 5.74) is 0.360. The van der Waals surface area contributed by atoms with Crippen molar-refractivity contribution in [3.8, 4) is 0 Å². The van der Waals surface area contributed by atoms with Gasteiger partial charge >= 0.3 is 5.97 Å². The predicted molar refractivity (Wildman–Crippen MR) is 90.4 cm³/mol. The van der Waals surface area contributed by atoms with Crippen molar-refractivity contribution in [1.82, 2.24) is 14.4 Å². The van der Waals surface area contributed by atoms with Gasteiger partial charge in [0.2, 0.25) is 15.9 Å². The molecule has 2 fully saturated rings. The van der Waals surface area contributed by atoms with Crippen molar-refractivity contribution in [1.29, 1.82) is 0 Å². The number of carbonyl (C=O) groups is 2. The van der Waals surface area contributed by atoms with E-state index in [-0.39, 0.29) is 36.6 Å². The number of hydrogen-bond acceptors (Lipinski definition) is 6. The van der Waals surface area contributed by atoms with Crippen LogP contribution >= 0.6 is 0 Å². The molecule has 0 atom stereocenters. The molecule has 144 valence electrons. The molecule has 1 aromatic heterocycles. The summed E-state index contributed by atoms with van der Waals surface area (Å²) >= 11 is 0. The van der Waals surface area contributed by atoms with Gasteiger partial charge in [0.05, 0.1) is 11.6 Å². The lowest BCUT2D eigenvalue weighted by Gasteiger charge is -2.37. The molecular formula is C16H23N3O6S. The number of carboxylic acids is 1. The third-order valence-corrected chi connectivity index (χ3v) is 7.00. The molecule has 2 aliphatic rings. The van der Waals surface area contributed by atoms with Gasteiger partial charge in [-0.3, -0.25) is 9.59 Å². The second-order valence-corrected chi connectivity index (χ2v) is 8.83. The molecule has 1 saturated heterocycles. The van der Waals surface area contributed by atoms with Crippen LogP contribution in [0, 0.1) is 11.8 Å². The average molecular weight is 385 g/mol. The monoisotopic (exact) mass is 385 g/mol. The van der Waals surface area contributed by atoms with Crippen molar-refractivity contribution >= 4 is 21.9 Å². The SMILES string of the molecule is O=C(O)C1CCC(C(=O)N2CCN(S(=O)(=O)Cc3ccon3)CC2)CC1. The number of carbonyl (C=O) groups excluding carboxylic acids is 1. The third-order valence-electron chi connectivity index (χ3n) is 5.19. The number of nitrogens with zero attached hydrogens (tertiary/aromatic N) is 3. The normalized spacial score (nSPS) is 25.2. The first-order chi connectivity index (χ1) is 12.4. The van der Waals surface area contributed by atoms with Gasteiger partial charge < -0.3 is 14.5 Å². The maximum Gasteiger partial charge on any atom is 0.306 e. The Kier molecular flexibility index (Phi) is 5.61. The van der Waals surface area contributed by atoms with Gasteiger partial charge in [0.1, 0.15) is 12.0 Å². The molecule has 0 bridgehead atoms. The van der Waals surface area contributed by atoms with Crippen molar-refractivity contribution in [3.63, 3.8) is 0 Å². The van der Waals surface area contributed by atoms with Crippen LogP contribution in [-0.4, -0.2) is 65.9 Å². The molecule has 3 rings (SSSR count). The van der Waals surface area contributed by atoms with Crippen LogP contribution in [0.2, 0.25) is 0 Å². The molecule has 0 spiro atoms. The standard InChI is InChI=1S/C16H23N3O6S/c20-15(12-1-3-13(4-2-12)16(21)22)18-6-8-19(9-7-18)26(23,24)11-14-5-10-25-17-14/h5,10,12-13H,1-4,6-9,11H2,(H,21,22). The van der Waals surface area contributed by atoms with Gasteiger partial charge in [-0.15, -0.1) is 0 Å². The van der Waals surface area contributed by atoms with E-state index in [4.69, 9.17) is 5.11 Å². The Balaban J connectivity index is 1.50. The van der Waals surface area contributed by atoms with Crippen molar-refractivity contribution in [3.05, 3.63) is 18.0 Å². The van der Waals surface area contributed by atoms with Crippen LogP contribution in [-0.2, 0) is 25.4 Å². The molecule has 1 aliphatic heterocycles. The zero-order valence-corrected chi connectivity index (χ0v) is 15.2. The predicted octanol–water partition coefficient (Wildman–Crippen LogP) is 0.540. The van der Waals surface area contributed by atoms with Gasteiger partial charge in [-0.2, -0.15) is 4.31 Å². The van der Waals surface area contributed by atoms with E-state index in [1.807, 2.05) is 0 Å². The Labute approximate surface area is 152 Å². The maximum absolute atomic E-state index is 12.6.